The number of rotatable bonds is 4. The van der Waals surface area contributed by atoms with Crippen molar-refractivity contribution >= 4 is 17.8 Å². The molecule has 2 saturated heterocycles. The summed E-state index contributed by atoms with van der Waals surface area (Å²) in [7, 11) is 0. The standard InChI is InChI=1S/C16H24N4O2.C2H2O4/c1-11-4-6-20(7-5-11)14(21)10-19-8-13(9-19)16-17-15(18-22-16)12-2-3-12;3-1(4)2(5)6/h11-13H,2-10H2,1H3;(H,3,4)(H,5,6). The minimum atomic E-state index is -1.82. The second-order valence-electron chi connectivity index (χ2n) is 7.83. The fraction of sp³-hybridized carbons (Fsp3) is 0.722. The molecule has 0 aromatic carbocycles. The maximum atomic E-state index is 12.3. The van der Waals surface area contributed by atoms with E-state index >= 15 is 0 Å². The quantitative estimate of drug-likeness (QED) is 0.709. The summed E-state index contributed by atoms with van der Waals surface area (Å²) in [5, 5.41) is 18.9. The number of likely N-dealkylation sites (tertiary alicyclic amines) is 2. The highest BCUT2D eigenvalue weighted by molar-refractivity contribution is 6.27. The first-order valence-electron chi connectivity index (χ1n) is 9.63. The number of amides is 1. The number of carboxylic acids is 2. The summed E-state index contributed by atoms with van der Waals surface area (Å²) in [5.41, 5.74) is 0. The molecule has 1 amide bonds. The van der Waals surface area contributed by atoms with Crippen LogP contribution in [0.3, 0.4) is 0 Å². The number of aliphatic carboxylic acids is 2. The van der Waals surface area contributed by atoms with Gasteiger partial charge in [0.2, 0.25) is 11.8 Å². The highest BCUT2D eigenvalue weighted by Gasteiger charge is 2.36. The van der Waals surface area contributed by atoms with Crippen LogP contribution < -0.4 is 0 Å². The van der Waals surface area contributed by atoms with E-state index in [2.05, 4.69) is 22.0 Å². The van der Waals surface area contributed by atoms with Gasteiger partial charge in [0, 0.05) is 32.1 Å². The van der Waals surface area contributed by atoms with Crippen molar-refractivity contribution in [1.82, 2.24) is 19.9 Å². The van der Waals surface area contributed by atoms with Crippen molar-refractivity contribution in [2.45, 2.75) is 44.4 Å². The maximum absolute atomic E-state index is 12.3. The minimum absolute atomic E-state index is 0.273. The van der Waals surface area contributed by atoms with E-state index in [1.54, 1.807) is 0 Å². The molecule has 2 aliphatic heterocycles. The van der Waals surface area contributed by atoms with Gasteiger partial charge in [0.15, 0.2) is 5.82 Å². The average molecular weight is 394 g/mol. The Balaban J connectivity index is 0.000000330. The van der Waals surface area contributed by atoms with Crippen molar-refractivity contribution in [1.29, 1.82) is 0 Å². The molecule has 28 heavy (non-hydrogen) atoms. The lowest BCUT2D eigenvalue weighted by Gasteiger charge is -2.38. The summed E-state index contributed by atoms with van der Waals surface area (Å²) in [6.45, 7) is 6.37. The van der Waals surface area contributed by atoms with Crippen LogP contribution in [0.5, 0.6) is 0 Å². The van der Waals surface area contributed by atoms with Crippen molar-refractivity contribution in [3.8, 4) is 0 Å². The summed E-state index contributed by atoms with van der Waals surface area (Å²) in [5.74, 6) is -0.120. The van der Waals surface area contributed by atoms with Crippen LogP contribution in [0.2, 0.25) is 0 Å². The molecule has 0 radical (unpaired) electrons. The van der Waals surface area contributed by atoms with E-state index in [-0.39, 0.29) is 5.91 Å². The van der Waals surface area contributed by atoms with E-state index in [4.69, 9.17) is 24.3 Å². The predicted octanol–water partition coefficient (Wildman–Crippen LogP) is 0.760. The van der Waals surface area contributed by atoms with Crippen LogP contribution in [0.25, 0.3) is 0 Å². The summed E-state index contributed by atoms with van der Waals surface area (Å²) in [6.07, 6.45) is 4.66. The Bertz CT molecular complexity index is 705. The van der Waals surface area contributed by atoms with Gasteiger partial charge in [0.05, 0.1) is 12.5 Å². The van der Waals surface area contributed by atoms with Gasteiger partial charge in [0.1, 0.15) is 0 Å². The average Bonchev–Trinajstić information content (AvgIpc) is 3.36. The van der Waals surface area contributed by atoms with Crippen molar-refractivity contribution in [3.05, 3.63) is 11.7 Å². The molecule has 4 rings (SSSR count). The number of carbonyl (C=O) groups excluding carboxylic acids is 1. The third-order valence-electron chi connectivity index (χ3n) is 5.38. The maximum Gasteiger partial charge on any atom is 0.414 e. The molecule has 2 N–H and O–H groups in total. The number of piperidine rings is 1. The van der Waals surface area contributed by atoms with E-state index in [0.717, 1.165) is 56.7 Å². The lowest BCUT2D eigenvalue weighted by atomic mass is 9.98. The second kappa shape index (κ2) is 8.68. The molecule has 0 unspecified atom stereocenters. The van der Waals surface area contributed by atoms with Gasteiger partial charge in [-0.2, -0.15) is 4.98 Å². The Kier molecular flexibility index (Phi) is 6.28. The highest BCUT2D eigenvalue weighted by Crippen LogP contribution is 2.39. The zero-order valence-corrected chi connectivity index (χ0v) is 15.9. The van der Waals surface area contributed by atoms with Crippen LogP contribution in [0, 0.1) is 5.92 Å². The minimum Gasteiger partial charge on any atom is -0.473 e. The number of nitrogens with zero attached hydrogens (tertiary/aromatic N) is 4. The summed E-state index contributed by atoms with van der Waals surface area (Å²) in [4.78, 5) is 39.2. The first-order valence-corrected chi connectivity index (χ1v) is 9.63. The van der Waals surface area contributed by atoms with Crippen molar-refractivity contribution in [3.63, 3.8) is 0 Å². The first-order chi connectivity index (χ1) is 13.3. The zero-order chi connectivity index (χ0) is 20.3. The molecule has 10 heteroatoms. The third kappa shape index (κ3) is 5.28. The largest absolute Gasteiger partial charge is 0.473 e. The van der Waals surface area contributed by atoms with Gasteiger partial charge in [-0.1, -0.05) is 12.1 Å². The molecule has 1 aromatic heterocycles. The number of carboxylic acid groups (broad SMARTS) is 2. The monoisotopic (exact) mass is 394 g/mol. The Labute approximate surface area is 162 Å². The van der Waals surface area contributed by atoms with E-state index in [0.29, 0.717) is 18.4 Å². The Morgan fingerprint density at radius 2 is 1.64 bits per heavy atom. The Morgan fingerprint density at radius 1 is 1.04 bits per heavy atom. The molecule has 0 bridgehead atoms. The molecule has 1 saturated carbocycles. The highest BCUT2D eigenvalue weighted by atomic mass is 16.5. The smallest absolute Gasteiger partial charge is 0.414 e. The summed E-state index contributed by atoms with van der Waals surface area (Å²) >= 11 is 0. The lowest BCUT2D eigenvalue weighted by molar-refractivity contribution is -0.159. The van der Waals surface area contributed by atoms with Gasteiger partial charge in [-0.3, -0.25) is 9.69 Å². The molecule has 154 valence electrons. The van der Waals surface area contributed by atoms with E-state index < -0.39 is 11.9 Å². The molecule has 10 nitrogen and oxygen atoms in total. The molecule has 3 aliphatic rings. The molecule has 3 fully saturated rings. The van der Waals surface area contributed by atoms with E-state index in [1.165, 1.54) is 12.8 Å². The molecule has 3 heterocycles. The van der Waals surface area contributed by atoms with E-state index in [1.807, 2.05) is 4.90 Å². The topological polar surface area (TPSA) is 137 Å². The van der Waals surface area contributed by atoms with Crippen molar-refractivity contribution in [2.24, 2.45) is 5.92 Å². The van der Waals surface area contributed by atoms with Crippen LogP contribution in [-0.2, 0) is 14.4 Å². The first kappa shape index (κ1) is 20.2. The molecular weight excluding hydrogens is 368 g/mol. The predicted molar refractivity (Wildman–Crippen MR) is 95.7 cm³/mol. The molecular formula is C18H26N4O6. The van der Waals surface area contributed by atoms with Gasteiger partial charge < -0.3 is 19.6 Å². The van der Waals surface area contributed by atoms with Crippen LogP contribution in [-0.4, -0.2) is 80.7 Å². The normalized spacial score (nSPS) is 20.8. The van der Waals surface area contributed by atoms with Gasteiger partial charge in [0.25, 0.3) is 0 Å². The SMILES string of the molecule is CC1CCN(C(=O)CN2CC(c3nc(C4CC4)no3)C2)CC1.O=C(O)C(=O)O. The molecule has 0 spiro atoms. The van der Waals surface area contributed by atoms with Crippen molar-refractivity contribution in [2.75, 3.05) is 32.7 Å². The number of hydrogen-bond acceptors (Lipinski definition) is 7. The second-order valence-corrected chi connectivity index (χ2v) is 7.83. The van der Waals surface area contributed by atoms with Crippen LogP contribution >= 0.6 is 0 Å². The number of aromatic nitrogens is 2. The van der Waals surface area contributed by atoms with Crippen LogP contribution in [0.15, 0.2) is 4.52 Å². The number of carbonyl (C=O) groups is 3. The van der Waals surface area contributed by atoms with Crippen LogP contribution in [0.1, 0.15) is 56.2 Å². The lowest BCUT2D eigenvalue weighted by Crippen LogP contribution is -2.51. The molecule has 1 aliphatic carbocycles. The summed E-state index contributed by atoms with van der Waals surface area (Å²) < 4.78 is 5.37. The van der Waals surface area contributed by atoms with Gasteiger partial charge in [-0.25, -0.2) is 9.59 Å². The van der Waals surface area contributed by atoms with Gasteiger partial charge in [-0.05, 0) is 31.6 Å². The van der Waals surface area contributed by atoms with Crippen molar-refractivity contribution < 1.29 is 29.1 Å². The Morgan fingerprint density at radius 3 is 2.18 bits per heavy atom. The molecule has 0 atom stereocenters. The van der Waals surface area contributed by atoms with Gasteiger partial charge >= 0.3 is 11.9 Å². The van der Waals surface area contributed by atoms with Gasteiger partial charge in [-0.15, -0.1) is 0 Å². The summed E-state index contributed by atoms with van der Waals surface area (Å²) in [6, 6.07) is 0. The molecule has 1 aromatic rings. The van der Waals surface area contributed by atoms with E-state index in [9.17, 15) is 4.79 Å². The zero-order valence-electron chi connectivity index (χ0n) is 15.9. The third-order valence-corrected chi connectivity index (χ3v) is 5.38. The fourth-order valence-corrected chi connectivity index (χ4v) is 3.32. The fourth-order valence-electron chi connectivity index (χ4n) is 3.32. The van der Waals surface area contributed by atoms with Crippen LogP contribution in [0.4, 0.5) is 0 Å². The Hall–Kier alpha value is -2.49. The number of hydrogen-bond donors (Lipinski definition) is 2.